The first-order valence-corrected chi connectivity index (χ1v) is 9.61. The highest BCUT2D eigenvalue weighted by atomic mass is 14.2. The minimum atomic E-state index is 0.538. The van der Waals surface area contributed by atoms with Crippen LogP contribution in [0.4, 0.5) is 0 Å². The molecule has 0 aliphatic rings. The van der Waals surface area contributed by atoms with E-state index in [4.69, 9.17) is 26.3 Å². The van der Waals surface area contributed by atoms with E-state index >= 15 is 0 Å². The lowest BCUT2D eigenvalue weighted by Gasteiger charge is -1.70. The number of hydrogen-bond donors (Lipinski definition) is 0. The number of allylic oxidation sites excluding steroid dienone is 9. The molecule has 30 heavy (non-hydrogen) atoms. The number of nitrogens with zero attached hydrogens (tertiary/aromatic N) is 5. The summed E-state index contributed by atoms with van der Waals surface area (Å²) >= 11 is 0. The Morgan fingerprint density at radius 2 is 1.07 bits per heavy atom. The highest BCUT2D eigenvalue weighted by molar-refractivity contribution is 5.01. The molecule has 0 saturated heterocycles. The monoisotopic (exact) mass is 405 g/mol. The molecule has 0 saturated carbocycles. The van der Waals surface area contributed by atoms with Gasteiger partial charge in [-0.1, -0.05) is 56.4 Å². The fourth-order valence-corrected chi connectivity index (χ4v) is 0.849. The molecule has 0 aliphatic carbocycles. The molecule has 0 aromatic carbocycles. The lowest BCUT2D eigenvalue weighted by molar-refractivity contribution is 1.07. The van der Waals surface area contributed by atoms with E-state index in [0.717, 1.165) is 19.3 Å². The molecule has 5 heteroatoms. The molecule has 0 amide bonds. The van der Waals surface area contributed by atoms with Gasteiger partial charge in [-0.25, -0.2) is 0 Å². The van der Waals surface area contributed by atoms with Crippen LogP contribution in [0, 0.1) is 56.7 Å². The van der Waals surface area contributed by atoms with Gasteiger partial charge in [0.25, 0.3) is 0 Å². The standard InChI is InChI=1S/5C5H7N/c5*1-2-3-4-5-6/h2*3-4H,2H2,1H3;2*2-3H,4H2,1H3;2H,1,3-4H2. The molecule has 0 aromatic heterocycles. The van der Waals surface area contributed by atoms with Crippen molar-refractivity contribution in [3.63, 3.8) is 0 Å². The smallest absolute Gasteiger partial charge is 0.0908 e. The van der Waals surface area contributed by atoms with Crippen LogP contribution in [0.15, 0.2) is 61.3 Å². The fourth-order valence-electron chi connectivity index (χ4n) is 0.849. The van der Waals surface area contributed by atoms with Crippen LogP contribution in [0.1, 0.15) is 66.2 Å². The van der Waals surface area contributed by atoms with E-state index in [-0.39, 0.29) is 0 Å². The van der Waals surface area contributed by atoms with Crippen LogP contribution in [0.3, 0.4) is 0 Å². The molecule has 0 aromatic rings. The van der Waals surface area contributed by atoms with Gasteiger partial charge in [-0.15, -0.1) is 6.58 Å². The van der Waals surface area contributed by atoms with Gasteiger partial charge in [-0.2, -0.15) is 26.3 Å². The highest BCUT2D eigenvalue weighted by Gasteiger charge is 1.69. The third kappa shape index (κ3) is 104. The van der Waals surface area contributed by atoms with Gasteiger partial charge in [0, 0.05) is 18.6 Å². The first kappa shape index (κ1) is 37.0. The number of hydrogen-bond acceptors (Lipinski definition) is 5. The van der Waals surface area contributed by atoms with Gasteiger partial charge in [0.15, 0.2) is 0 Å². The predicted molar refractivity (Wildman–Crippen MR) is 125 cm³/mol. The SMILES string of the molecule is C=CCCC#N.CC=CCC#N.CC=CCC#N.CCC=CC#N.CCC=CC#N. The number of rotatable bonds is 6. The average Bonchev–Trinajstić information content (AvgIpc) is 2.78. The van der Waals surface area contributed by atoms with Gasteiger partial charge in [0.05, 0.1) is 43.2 Å². The van der Waals surface area contributed by atoms with E-state index in [1.807, 2.05) is 94.5 Å². The molecule has 5 nitrogen and oxygen atoms in total. The zero-order valence-electron chi connectivity index (χ0n) is 18.9. The summed E-state index contributed by atoms with van der Waals surface area (Å²) in [5.74, 6) is 0. The Labute approximate surface area is 184 Å². The van der Waals surface area contributed by atoms with Crippen molar-refractivity contribution in [1.29, 1.82) is 26.3 Å². The van der Waals surface area contributed by atoms with Crippen molar-refractivity contribution in [2.45, 2.75) is 66.2 Å². The highest BCUT2D eigenvalue weighted by Crippen LogP contribution is 1.82. The van der Waals surface area contributed by atoms with Crippen molar-refractivity contribution in [2.75, 3.05) is 0 Å². The lowest BCUT2D eigenvalue weighted by atomic mass is 10.3. The summed E-state index contributed by atoms with van der Waals surface area (Å²) < 4.78 is 0. The summed E-state index contributed by atoms with van der Waals surface area (Å²) in [7, 11) is 0. The normalized spacial score (nSPS) is 8.23. The average molecular weight is 406 g/mol. The third-order valence-corrected chi connectivity index (χ3v) is 2.21. The van der Waals surface area contributed by atoms with Crippen molar-refractivity contribution in [3.8, 4) is 30.3 Å². The van der Waals surface area contributed by atoms with Gasteiger partial charge in [-0.3, -0.25) is 0 Å². The Balaban J connectivity index is -0.0000000868. The molecule has 0 aliphatic heterocycles. The van der Waals surface area contributed by atoms with Crippen molar-refractivity contribution < 1.29 is 0 Å². The zero-order valence-corrected chi connectivity index (χ0v) is 18.9. The van der Waals surface area contributed by atoms with Crippen molar-refractivity contribution in [1.82, 2.24) is 0 Å². The summed E-state index contributed by atoms with van der Waals surface area (Å²) in [6, 6.07) is 9.74. The van der Waals surface area contributed by atoms with E-state index in [1.165, 1.54) is 12.2 Å². The number of unbranched alkanes of at least 4 members (excludes halogenated alkanes) is 1. The lowest BCUT2D eigenvalue weighted by Crippen LogP contribution is -1.57. The summed E-state index contributed by atoms with van der Waals surface area (Å²) in [5, 5.41) is 39.4. The zero-order chi connectivity index (χ0) is 24.1. The maximum atomic E-state index is 7.90. The van der Waals surface area contributed by atoms with E-state index in [2.05, 4.69) is 6.58 Å². The molecular formula is C25H35N5. The van der Waals surface area contributed by atoms with Crippen molar-refractivity contribution in [2.24, 2.45) is 0 Å². The Morgan fingerprint density at radius 1 is 0.667 bits per heavy atom. The molecule has 160 valence electrons. The van der Waals surface area contributed by atoms with Gasteiger partial charge in [0.1, 0.15) is 0 Å². The minimum Gasteiger partial charge on any atom is -0.198 e. The van der Waals surface area contributed by atoms with E-state index in [0.29, 0.717) is 19.3 Å². The van der Waals surface area contributed by atoms with Crippen LogP contribution in [-0.4, -0.2) is 0 Å². The minimum absolute atomic E-state index is 0.538. The molecule has 0 rings (SSSR count). The quantitative estimate of drug-likeness (QED) is 0.259. The van der Waals surface area contributed by atoms with Crippen LogP contribution in [0.25, 0.3) is 0 Å². The summed E-state index contributed by atoms with van der Waals surface area (Å²) in [6.45, 7) is 11.2. The van der Waals surface area contributed by atoms with E-state index in [9.17, 15) is 0 Å². The molecule has 0 heterocycles. The van der Waals surface area contributed by atoms with Gasteiger partial charge in [0.2, 0.25) is 0 Å². The summed E-state index contributed by atoms with van der Waals surface area (Å²) in [4.78, 5) is 0. The fraction of sp³-hybridized carbons (Fsp3) is 0.400. The molecule has 0 unspecified atom stereocenters. The molecular weight excluding hydrogens is 370 g/mol. The first-order chi connectivity index (χ1) is 14.6. The Kier molecular flexibility index (Phi) is 69.3. The number of nitriles is 5. The second kappa shape index (κ2) is 56.2. The second-order valence-electron chi connectivity index (χ2n) is 4.73. The summed E-state index contributed by atoms with van der Waals surface area (Å²) in [6.07, 6.45) is 20.1. The van der Waals surface area contributed by atoms with Crippen molar-refractivity contribution >= 4 is 0 Å². The molecule has 0 atom stereocenters. The maximum absolute atomic E-state index is 7.90. The molecule has 0 N–H and O–H groups in total. The first-order valence-electron chi connectivity index (χ1n) is 9.61. The maximum Gasteiger partial charge on any atom is 0.0908 e. The van der Waals surface area contributed by atoms with Crippen LogP contribution in [0.2, 0.25) is 0 Å². The Bertz CT molecular complexity index is 600. The van der Waals surface area contributed by atoms with Crippen LogP contribution in [-0.2, 0) is 0 Å². The van der Waals surface area contributed by atoms with E-state index in [1.54, 1.807) is 6.08 Å². The molecule has 0 bridgehead atoms. The Hall–Kier alpha value is -3.85. The van der Waals surface area contributed by atoms with Crippen molar-refractivity contribution in [3.05, 3.63) is 61.3 Å². The molecule has 0 spiro atoms. The Morgan fingerprint density at radius 3 is 1.17 bits per heavy atom. The summed E-state index contributed by atoms with van der Waals surface area (Å²) in [5.41, 5.74) is 0. The van der Waals surface area contributed by atoms with Crippen LogP contribution >= 0.6 is 0 Å². The van der Waals surface area contributed by atoms with Crippen LogP contribution in [0.5, 0.6) is 0 Å². The van der Waals surface area contributed by atoms with Crippen LogP contribution < -0.4 is 0 Å². The topological polar surface area (TPSA) is 119 Å². The largest absolute Gasteiger partial charge is 0.198 e. The molecule has 0 fully saturated rings. The van der Waals surface area contributed by atoms with Gasteiger partial charge in [-0.05, 0) is 33.1 Å². The second-order valence-corrected chi connectivity index (χ2v) is 4.73. The predicted octanol–water partition coefficient (Wildman–Crippen LogP) is 7.38. The third-order valence-electron chi connectivity index (χ3n) is 2.21. The molecule has 0 radical (unpaired) electrons. The van der Waals surface area contributed by atoms with Gasteiger partial charge < -0.3 is 0 Å². The van der Waals surface area contributed by atoms with Gasteiger partial charge >= 0.3 is 0 Å². The van der Waals surface area contributed by atoms with E-state index < -0.39 is 0 Å².